The van der Waals surface area contributed by atoms with E-state index in [0.717, 1.165) is 0 Å². The minimum Gasteiger partial charge on any atom is -0.251 e. The molecule has 1 aromatic heterocycles. The van der Waals surface area contributed by atoms with E-state index in [9.17, 15) is 8.42 Å². The summed E-state index contributed by atoms with van der Waals surface area (Å²) in [6.45, 7) is 0.0693. The predicted molar refractivity (Wildman–Crippen MR) is 73.3 cm³/mol. The van der Waals surface area contributed by atoms with Gasteiger partial charge >= 0.3 is 0 Å². The molecule has 0 unspecified atom stereocenters. The Morgan fingerprint density at radius 3 is 2.75 bits per heavy atom. The van der Waals surface area contributed by atoms with Crippen molar-refractivity contribution in [2.45, 2.75) is 11.4 Å². The van der Waals surface area contributed by atoms with Crippen molar-refractivity contribution in [2.75, 3.05) is 5.75 Å². The van der Waals surface area contributed by atoms with E-state index in [-0.39, 0.29) is 28.0 Å². The van der Waals surface area contributed by atoms with Gasteiger partial charge in [0.15, 0.2) is 9.84 Å². The second-order valence-corrected chi connectivity index (χ2v) is 6.76. The van der Waals surface area contributed by atoms with Crippen LogP contribution < -0.4 is 0 Å². The zero-order valence-corrected chi connectivity index (χ0v) is 12.3. The van der Waals surface area contributed by atoms with E-state index in [4.69, 9.17) is 28.5 Å². The van der Waals surface area contributed by atoms with Gasteiger partial charge in [0.05, 0.1) is 22.2 Å². The van der Waals surface area contributed by atoms with Crippen LogP contribution in [0.5, 0.6) is 0 Å². The molecule has 0 amide bonds. The molecule has 0 spiro atoms. The molecule has 0 atom stereocenters. The number of nitriles is 1. The highest BCUT2D eigenvalue weighted by atomic mass is 35.5. The number of sulfone groups is 1. The standard InChI is InChI=1S/C11H8Cl2N4O2S/c12-8-1-2-9(13)10(5-8)20(18,19)4-3-17-7-15-11(6-14)16-17/h1-2,5,7H,3-4H2. The molecule has 104 valence electrons. The van der Waals surface area contributed by atoms with Crippen molar-refractivity contribution in [3.8, 4) is 6.07 Å². The summed E-state index contributed by atoms with van der Waals surface area (Å²) in [5.74, 6) is -0.232. The Labute approximate surface area is 125 Å². The number of halogens is 2. The average Bonchev–Trinajstić information content (AvgIpc) is 2.87. The number of hydrogen-bond donors (Lipinski definition) is 0. The molecule has 20 heavy (non-hydrogen) atoms. The van der Waals surface area contributed by atoms with Crippen LogP contribution in [0.15, 0.2) is 29.4 Å². The van der Waals surface area contributed by atoms with Crippen LogP contribution in [0.25, 0.3) is 0 Å². The molecule has 0 aliphatic carbocycles. The van der Waals surface area contributed by atoms with Crippen LogP contribution in [-0.4, -0.2) is 28.9 Å². The van der Waals surface area contributed by atoms with Gasteiger partial charge in [-0.1, -0.05) is 23.2 Å². The summed E-state index contributed by atoms with van der Waals surface area (Å²) in [5.41, 5.74) is 0. The van der Waals surface area contributed by atoms with Gasteiger partial charge in [0.2, 0.25) is 0 Å². The summed E-state index contributed by atoms with van der Waals surface area (Å²) in [7, 11) is -3.60. The Morgan fingerprint density at radius 1 is 1.35 bits per heavy atom. The lowest BCUT2D eigenvalue weighted by atomic mass is 10.4. The number of aromatic nitrogens is 3. The van der Waals surface area contributed by atoms with E-state index in [0.29, 0.717) is 5.02 Å². The SMILES string of the molecule is N#Cc1ncn(CCS(=O)(=O)c2cc(Cl)ccc2Cl)n1. The van der Waals surface area contributed by atoms with Gasteiger partial charge in [-0.2, -0.15) is 5.26 Å². The lowest BCUT2D eigenvalue weighted by Gasteiger charge is -2.06. The summed E-state index contributed by atoms with van der Waals surface area (Å²) in [4.78, 5) is 3.67. The molecule has 1 aromatic carbocycles. The molecule has 0 aliphatic heterocycles. The maximum Gasteiger partial charge on any atom is 0.252 e. The van der Waals surface area contributed by atoms with E-state index in [1.807, 2.05) is 0 Å². The van der Waals surface area contributed by atoms with E-state index in [1.54, 1.807) is 6.07 Å². The first kappa shape index (κ1) is 14.8. The van der Waals surface area contributed by atoms with Gasteiger partial charge in [0.25, 0.3) is 5.82 Å². The van der Waals surface area contributed by atoms with E-state index < -0.39 is 9.84 Å². The molecule has 9 heteroatoms. The summed E-state index contributed by atoms with van der Waals surface area (Å²) in [6.07, 6.45) is 1.30. The summed E-state index contributed by atoms with van der Waals surface area (Å²) < 4.78 is 25.7. The van der Waals surface area contributed by atoms with Crippen molar-refractivity contribution >= 4 is 33.0 Å². The predicted octanol–water partition coefficient (Wildman–Crippen LogP) is 1.93. The topological polar surface area (TPSA) is 88.6 Å². The van der Waals surface area contributed by atoms with E-state index in [2.05, 4.69) is 10.1 Å². The van der Waals surface area contributed by atoms with Crippen molar-refractivity contribution in [1.29, 1.82) is 5.26 Å². The van der Waals surface area contributed by atoms with Crippen LogP contribution in [0, 0.1) is 11.3 Å². The van der Waals surface area contributed by atoms with Gasteiger partial charge in [0.1, 0.15) is 12.4 Å². The van der Waals surface area contributed by atoms with E-state index >= 15 is 0 Å². The first-order valence-corrected chi connectivity index (χ1v) is 7.80. The maximum atomic E-state index is 12.2. The molecule has 0 radical (unpaired) electrons. The number of rotatable bonds is 4. The fourth-order valence-electron chi connectivity index (χ4n) is 1.49. The lowest BCUT2D eigenvalue weighted by Crippen LogP contribution is -2.14. The van der Waals surface area contributed by atoms with Crippen LogP contribution in [0.4, 0.5) is 0 Å². The third-order valence-corrected chi connectivity index (χ3v) is 4.86. The van der Waals surface area contributed by atoms with Crippen molar-refractivity contribution in [3.05, 3.63) is 40.4 Å². The first-order chi connectivity index (χ1) is 9.42. The Kier molecular flexibility index (Phi) is 4.28. The average molecular weight is 331 g/mol. The second kappa shape index (κ2) is 5.79. The molecule has 0 saturated heterocycles. The quantitative estimate of drug-likeness (QED) is 0.854. The molecule has 0 N–H and O–H groups in total. The van der Waals surface area contributed by atoms with Gasteiger partial charge in [-0.05, 0) is 18.2 Å². The fourth-order valence-corrected chi connectivity index (χ4v) is 3.52. The molecular formula is C11H8Cl2N4O2S. The Bertz CT molecular complexity index is 780. The minimum atomic E-state index is -3.60. The Hall–Kier alpha value is -1.62. The third-order valence-electron chi connectivity index (χ3n) is 2.45. The molecule has 0 bridgehead atoms. The van der Waals surface area contributed by atoms with Crippen LogP contribution in [0.1, 0.15) is 5.82 Å². The zero-order valence-electron chi connectivity index (χ0n) is 9.99. The van der Waals surface area contributed by atoms with Gasteiger partial charge in [-0.3, -0.25) is 4.68 Å². The fraction of sp³-hybridized carbons (Fsp3) is 0.182. The van der Waals surface area contributed by atoms with Crippen LogP contribution in [0.2, 0.25) is 10.0 Å². The third kappa shape index (κ3) is 3.28. The van der Waals surface area contributed by atoms with Crippen LogP contribution in [-0.2, 0) is 16.4 Å². The highest BCUT2D eigenvalue weighted by Crippen LogP contribution is 2.25. The Morgan fingerprint density at radius 2 is 2.10 bits per heavy atom. The summed E-state index contributed by atoms with van der Waals surface area (Å²) >= 11 is 11.6. The first-order valence-electron chi connectivity index (χ1n) is 5.40. The molecule has 0 saturated carbocycles. The smallest absolute Gasteiger partial charge is 0.251 e. The molecule has 1 heterocycles. The number of benzene rings is 1. The summed E-state index contributed by atoms with van der Waals surface area (Å²) in [5, 5.41) is 12.8. The van der Waals surface area contributed by atoms with Crippen molar-refractivity contribution in [3.63, 3.8) is 0 Å². The normalized spacial score (nSPS) is 11.2. The highest BCUT2D eigenvalue weighted by Gasteiger charge is 2.19. The van der Waals surface area contributed by atoms with Crippen LogP contribution in [0.3, 0.4) is 0 Å². The molecule has 0 fully saturated rings. The van der Waals surface area contributed by atoms with Crippen molar-refractivity contribution in [1.82, 2.24) is 14.8 Å². The monoisotopic (exact) mass is 330 g/mol. The molecule has 0 aliphatic rings. The maximum absolute atomic E-state index is 12.2. The second-order valence-electron chi connectivity index (χ2n) is 3.84. The lowest BCUT2D eigenvalue weighted by molar-refractivity contribution is 0.580. The van der Waals surface area contributed by atoms with Crippen LogP contribution >= 0.6 is 23.2 Å². The molecule has 2 rings (SSSR count). The Balaban J connectivity index is 2.19. The molecule has 6 nitrogen and oxygen atoms in total. The van der Waals surface area contributed by atoms with Crippen molar-refractivity contribution < 1.29 is 8.42 Å². The van der Waals surface area contributed by atoms with Gasteiger partial charge in [-0.15, -0.1) is 5.10 Å². The number of nitrogens with zero attached hydrogens (tertiary/aromatic N) is 4. The van der Waals surface area contributed by atoms with Gasteiger partial charge in [0, 0.05) is 5.02 Å². The zero-order chi connectivity index (χ0) is 14.8. The largest absolute Gasteiger partial charge is 0.252 e. The van der Waals surface area contributed by atoms with Gasteiger partial charge in [-0.25, -0.2) is 13.4 Å². The molecular weight excluding hydrogens is 323 g/mol. The minimum absolute atomic E-state index is 0.0109. The highest BCUT2D eigenvalue weighted by molar-refractivity contribution is 7.91. The van der Waals surface area contributed by atoms with Gasteiger partial charge < -0.3 is 0 Å². The van der Waals surface area contributed by atoms with Crippen molar-refractivity contribution in [2.24, 2.45) is 0 Å². The number of hydrogen-bond acceptors (Lipinski definition) is 5. The van der Waals surface area contributed by atoms with E-state index in [1.165, 1.54) is 29.2 Å². The number of aryl methyl sites for hydroxylation is 1. The molecule has 2 aromatic rings. The summed E-state index contributed by atoms with van der Waals surface area (Å²) in [6, 6.07) is 6.01.